The lowest BCUT2D eigenvalue weighted by atomic mass is 10.1. The first kappa shape index (κ1) is 19.3. The van der Waals surface area contributed by atoms with Crippen molar-refractivity contribution in [1.29, 1.82) is 0 Å². The minimum absolute atomic E-state index is 0.0399. The summed E-state index contributed by atoms with van der Waals surface area (Å²) in [5.74, 6) is -1.06. The minimum atomic E-state index is -3.78. The fourth-order valence-corrected chi connectivity index (χ4v) is 3.83. The van der Waals surface area contributed by atoms with Crippen LogP contribution in [0.15, 0.2) is 42.5 Å². The summed E-state index contributed by atoms with van der Waals surface area (Å²) < 4.78 is 31.7. The summed E-state index contributed by atoms with van der Waals surface area (Å²) >= 11 is 6.05. The largest absolute Gasteiger partial charge is 0.457 e. The monoisotopic (exact) mass is 408 g/mol. The lowest BCUT2D eigenvalue weighted by Gasteiger charge is -2.12. The number of carbonyl (C=O) groups is 2. The molecule has 1 N–H and O–H groups in total. The Labute approximate surface area is 162 Å². The Morgan fingerprint density at radius 1 is 1.19 bits per heavy atom. The number of halogens is 1. The first-order valence-electron chi connectivity index (χ1n) is 8.06. The van der Waals surface area contributed by atoms with Gasteiger partial charge in [0.15, 0.2) is 0 Å². The predicted octanol–water partition coefficient (Wildman–Crippen LogP) is 2.18. The van der Waals surface area contributed by atoms with Gasteiger partial charge in [0.25, 0.3) is 0 Å². The number of rotatable bonds is 5. The normalized spacial score (nSPS) is 16.1. The van der Waals surface area contributed by atoms with Crippen LogP contribution < -0.4 is 4.72 Å². The summed E-state index contributed by atoms with van der Waals surface area (Å²) in [5, 5.41) is 0.609. The lowest BCUT2D eigenvalue weighted by Crippen LogP contribution is -2.29. The van der Waals surface area contributed by atoms with Crippen LogP contribution in [0.25, 0.3) is 0 Å². The zero-order valence-electron chi connectivity index (χ0n) is 14.4. The van der Waals surface area contributed by atoms with Crippen LogP contribution in [0.1, 0.15) is 27.0 Å². The third-order valence-corrected chi connectivity index (χ3v) is 5.89. The van der Waals surface area contributed by atoms with E-state index < -0.39 is 22.1 Å². The Morgan fingerprint density at radius 2 is 1.85 bits per heavy atom. The van der Waals surface area contributed by atoms with Crippen molar-refractivity contribution in [2.24, 2.45) is 0 Å². The van der Waals surface area contributed by atoms with Crippen molar-refractivity contribution in [3.05, 3.63) is 69.7 Å². The molecule has 0 bridgehead atoms. The Bertz CT molecular complexity index is 989. The number of carbonyl (C=O) groups excluding carboxylic acids is 2. The number of amides is 1. The number of hydrogen-bond donors (Lipinski definition) is 1. The van der Waals surface area contributed by atoms with E-state index in [9.17, 15) is 18.0 Å². The highest BCUT2D eigenvalue weighted by Crippen LogP contribution is 2.18. The predicted molar refractivity (Wildman–Crippen MR) is 99.2 cm³/mol. The van der Waals surface area contributed by atoms with E-state index in [1.165, 1.54) is 0 Å². The molecule has 0 atom stereocenters. The van der Waals surface area contributed by atoms with Gasteiger partial charge in [-0.1, -0.05) is 35.9 Å². The van der Waals surface area contributed by atoms with Crippen LogP contribution in [-0.4, -0.2) is 31.1 Å². The van der Waals surface area contributed by atoms with E-state index in [1.807, 2.05) is 23.8 Å². The number of nitrogens with zero attached hydrogens (tertiary/aromatic N) is 1. The van der Waals surface area contributed by atoms with E-state index in [1.54, 1.807) is 30.3 Å². The molecule has 1 aliphatic rings. The molecule has 2 aromatic carbocycles. The van der Waals surface area contributed by atoms with E-state index >= 15 is 0 Å². The van der Waals surface area contributed by atoms with E-state index in [0.717, 1.165) is 15.4 Å². The smallest absolute Gasteiger partial charge is 0.338 e. The van der Waals surface area contributed by atoms with Gasteiger partial charge in [0.2, 0.25) is 5.91 Å². The molecule has 1 saturated heterocycles. The molecule has 1 fully saturated rings. The fraction of sp³-hybridized carbons (Fsp3) is 0.222. The standard InChI is InChI=1S/C18H17ClN2O5S/c1-12-2-3-14(8-16(12)19)11-26-18(23)15-6-4-13(5-7-15)9-21-10-17(22)20-27(21,24)25/h2-8H,9-11H2,1H3,(H,20,22). The number of aryl methyl sites for hydroxylation is 1. The number of nitrogens with one attached hydrogen (secondary N) is 1. The average Bonchev–Trinajstić information content (AvgIpc) is 2.87. The summed E-state index contributed by atoms with van der Waals surface area (Å²) in [5.41, 5.74) is 2.72. The van der Waals surface area contributed by atoms with Crippen molar-refractivity contribution in [3.63, 3.8) is 0 Å². The van der Waals surface area contributed by atoms with Gasteiger partial charge in [-0.15, -0.1) is 0 Å². The molecule has 0 spiro atoms. The third kappa shape index (κ3) is 4.65. The molecule has 0 unspecified atom stereocenters. The van der Waals surface area contributed by atoms with Crippen LogP contribution in [0.4, 0.5) is 0 Å². The van der Waals surface area contributed by atoms with Crippen molar-refractivity contribution in [1.82, 2.24) is 9.03 Å². The molecule has 1 heterocycles. The van der Waals surface area contributed by atoms with Crippen molar-refractivity contribution < 1.29 is 22.7 Å². The molecule has 0 aliphatic carbocycles. The highest BCUT2D eigenvalue weighted by molar-refractivity contribution is 7.88. The molecule has 7 nitrogen and oxygen atoms in total. The molecule has 27 heavy (non-hydrogen) atoms. The first-order valence-corrected chi connectivity index (χ1v) is 9.88. The van der Waals surface area contributed by atoms with Crippen LogP contribution in [0.5, 0.6) is 0 Å². The zero-order chi connectivity index (χ0) is 19.6. The zero-order valence-corrected chi connectivity index (χ0v) is 16.0. The first-order chi connectivity index (χ1) is 12.7. The van der Waals surface area contributed by atoms with Gasteiger partial charge in [-0.25, -0.2) is 9.52 Å². The van der Waals surface area contributed by atoms with Crippen LogP contribution in [0.2, 0.25) is 5.02 Å². The van der Waals surface area contributed by atoms with E-state index in [2.05, 4.69) is 0 Å². The van der Waals surface area contributed by atoms with Crippen molar-refractivity contribution in [2.45, 2.75) is 20.1 Å². The Kier molecular flexibility index (Phi) is 5.50. The number of ether oxygens (including phenoxy) is 1. The molecule has 1 aliphatic heterocycles. The summed E-state index contributed by atoms with van der Waals surface area (Å²) in [6.45, 7) is 1.81. The van der Waals surface area contributed by atoms with Gasteiger partial charge in [0.05, 0.1) is 12.1 Å². The molecule has 3 rings (SSSR count). The van der Waals surface area contributed by atoms with Gasteiger partial charge in [-0.3, -0.25) is 4.79 Å². The fourth-order valence-electron chi connectivity index (χ4n) is 2.53. The SMILES string of the molecule is Cc1ccc(COC(=O)c2ccc(CN3CC(=O)NS3(=O)=O)cc2)cc1Cl. The maximum atomic E-state index is 12.2. The molecule has 142 valence electrons. The molecule has 9 heteroatoms. The van der Waals surface area contributed by atoms with E-state index in [4.69, 9.17) is 16.3 Å². The summed E-state index contributed by atoms with van der Waals surface area (Å²) in [6.07, 6.45) is 0. The van der Waals surface area contributed by atoms with Crippen LogP contribution in [-0.2, 0) is 32.9 Å². The Balaban J connectivity index is 1.60. The third-order valence-electron chi connectivity index (χ3n) is 4.06. The number of esters is 1. The topological polar surface area (TPSA) is 92.8 Å². The Hall–Kier alpha value is -2.42. The molecule has 1 amide bonds. The number of hydrogen-bond acceptors (Lipinski definition) is 5. The van der Waals surface area contributed by atoms with E-state index in [0.29, 0.717) is 16.1 Å². The highest BCUT2D eigenvalue weighted by atomic mass is 35.5. The van der Waals surface area contributed by atoms with Gasteiger partial charge in [0.1, 0.15) is 6.61 Å². The second-order valence-electron chi connectivity index (χ2n) is 6.15. The molecular formula is C18H17ClN2O5S. The summed E-state index contributed by atoms with van der Waals surface area (Å²) in [7, 11) is -3.78. The van der Waals surface area contributed by atoms with Crippen LogP contribution in [0, 0.1) is 6.92 Å². The second-order valence-corrected chi connectivity index (χ2v) is 8.23. The molecule has 0 aromatic heterocycles. The minimum Gasteiger partial charge on any atom is -0.457 e. The summed E-state index contributed by atoms with van der Waals surface area (Å²) in [6, 6.07) is 11.8. The van der Waals surface area contributed by atoms with Gasteiger partial charge in [-0.05, 0) is 41.8 Å². The van der Waals surface area contributed by atoms with Crippen molar-refractivity contribution in [2.75, 3.05) is 6.54 Å². The van der Waals surface area contributed by atoms with Gasteiger partial charge >= 0.3 is 16.2 Å². The van der Waals surface area contributed by atoms with Gasteiger partial charge in [0, 0.05) is 11.6 Å². The lowest BCUT2D eigenvalue weighted by molar-refractivity contribution is -0.118. The van der Waals surface area contributed by atoms with Gasteiger partial charge in [-0.2, -0.15) is 12.7 Å². The maximum absolute atomic E-state index is 12.2. The number of benzene rings is 2. The van der Waals surface area contributed by atoms with E-state index in [-0.39, 0.29) is 19.7 Å². The molecule has 0 saturated carbocycles. The maximum Gasteiger partial charge on any atom is 0.338 e. The quantitative estimate of drug-likeness (QED) is 0.765. The molecule has 2 aromatic rings. The highest BCUT2D eigenvalue weighted by Gasteiger charge is 2.33. The summed E-state index contributed by atoms with van der Waals surface area (Å²) in [4.78, 5) is 23.4. The second kappa shape index (κ2) is 7.67. The van der Waals surface area contributed by atoms with Gasteiger partial charge < -0.3 is 4.74 Å². The van der Waals surface area contributed by atoms with Crippen LogP contribution in [0.3, 0.4) is 0 Å². The van der Waals surface area contributed by atoms with Crippen LogP contribution >= 0.6 is 11.6 Å². The average molecular weight is 409 g/mol. The van der Waals surface area contributed by atoms with Crippen molar-refractivity contribution >= 4 is 33.7 Å². The van der Waals surface area contributed by atoms with Crippen molar-refractivity contribution in [3.8, 4) is 0 Å². The molecule has 0 radical (unpaired) electrons. The molecular weight excluding hydrogens is 392 g/mol. The Morgan fingerprint density at radius 3 is 2.44 bits per heavy atom.